The summed E-state index contributed by atoms with van der Waals surface area (Å²) in [5.41, 5.74) is 7.85. The van der Waals surface area contributed by atoms with Gasteiger partial charge in [0, 0.05) is 5.69 Å². The van der Waals surface area contributed by atoms with Crippen LogP contribution in [-0.2, 0) is 6.42 Å². The summed E-state index contributed by atoms with van der Waals surface area (Å²) in [5.74, 6) is 0.531. The largest absolute Gasteiger partial charge is 0.464 e. The fourth-order valence-electron chi connectivity index (χ4n) is 1.87. The molecule has 0 saturated carbocycles. The van der Waals surface area contributed by atoms with Crippen molar-refractivity contribution >= 4 is 17.6 Å². The molecule has 2 rings (SSSR count). The molecule has 1 heterocycles. The predicted octanol–water partition coefficient (Wildman–Crippen LogP) is 2.55. The molecule has 0 bridgehead atoms. The lowest BCUT2D eigenvalue weighted by Crippen LogP contribution is -2.07. The Kier molecular flexibility index (Phi) is 4.70. The molecule has 0 atom stereocenters. The number of hydrogen-bond donors (Lipinski definition) is 2. The number of aryl methyl sites for hydroxylation is 1. The predicted molar refractivity (Wildman–Crippen MR) is 79.1 cm³/mol. The Bertz CT molecular complexity index is 573. The monoisotopic (exact) mass is 273 g/mol. The highest BCUT2D eigenvalue weighted by Crippen LogP contribution is 2.21. The SMILES string of the molecule is CCCc1ccccc1Nc1nc(N)nc(OCC)n1. The van der Waals surface area contributed by atoms with Gasteiger partial charge in [0.25, 0.3) is 0 Å². The molecule has 0 aliphatic rings. The minimum absolute atomic E-state index is 0.138. The lowest BCUT2D eigenvalue weighted by Gasteiger charge is -2.11. The molecule has 1 aromatic heterocycles. The van der Waals surface area contributed by atoms with Gasteiger partial charge in [0.2, 0.25) is 11.9 Å². The Balaban J connectivity index is 2.25. The molecule has 0 aliphatic heterocycles. The van der Waals surface area contributed by atoms with Crippen molar-refractivity contribution in [3.63, 3.8) is 0 Å². The number of para-hydroxylation sites is 1. The van der Waals surface area contributed by atoms with Crippen molar-refractivity contribution in [3.8, 4) is 6.01 Å². The first-order chi connectivity index (χ1) is 9.72. The van der Waals surface area contributed by atoms with E-state index in [-0.39, 0.29) is 12.0 Å². The van der Waals surface area contributed by atoms with Crippen LogP contribution in [0.25, 0.3) is 0 Å². The lowest BCUT2D eigenvalue weighted by molar-refractivity contribution is 0.312. The molecule has 0 amide bonds. The minimum Gasteiger partial charge on any atom is -0.464 e. The maximum atomic E-state index is 5.66. The van der Waals surface area contributed by atoms with Crippen LogP contribution >= 0.6 is 0 Å². The third-order valence-electron chi connectivity index (χ3n) is 2.69. The van der Waals surface area contributed by atoms with E-state index in [0.29, 0.717) is 12.6 Å². The first kappa shape index (κ1) is 14.0. The highest BCUT2D eigenvalue weighted by molar-refractivity contribution is 5.59. The summed E-state index contributed by atoms with van der Waals surface area (Å²) in [6, 6.07) is 8.29. The minimum atomic E-state index is 0.138. The zero-order valence-electron chi connectivity index (χ0n) is 11.8. The number of anilines is 3. The van der Waals surface area contributed by atoms with Crippen LogP contribution in [0.5, 0.6) is 6.01 Å². The second-order valence-corrected chi connectivity index (χ2v) is 4.26. The van der Waals surface area contributed by atoms with E-state index < -0.39 is 0 Å². The first-order valence-corrected chi connectivity index (χ1v) is 6.72. The Hall–Kier alpha value is -2.37. The molecule has 3 N–H and O–H groups in total. The summed E-state index contributed by atoms with van der Waals surface area (Å²) in [7, 11) is 0. The Morgan fingerprint density at radius 1 is 1.15 bits per heavy atom. The number of hydrogen-bond acceptors (Lipinski definition) is 6. The van der Waals surface area contributed by atoms with Crippen LogP contribution in [0.1, 0.15) is 25.8 Å². The highest BCUT2D eigenvalue weighted by Gasteiger charge is 2.07. The summed E-state index contributed by atoms with van der Waals surface area (Å²) in [6.45, 7) is 4.49. The van der Waals surface area contributed by atoms with Gasteiger partial charge in [0.15, 0.2) is 0 Å². The van der Waals surface area contributed by atoms with Crippen LogP contribution in [0.3, 0.4) is 0 Å². The number of ether oxygens (including phenoxy) is 1. The number of aromatic nitrogens is 3. The second-order valence-electron chi connectivity index (χ2n) is 4.26. The molecule has 0 fully saturated rings. The standard InChI is InChI=1S/C14H19N5O/c1-3-7-10-8-5-6-9-11(10)16-13-17-12(15)18-14(19-13)20-4-2/h5-6,8-9H,3-4,7H2,1-2H3,(H3,15,16,17,18,19). The van der Waals surface area contributed by atoms with E-state index in [4.69, 9.17) is 10.5 Å². The summed E-state index contributed by atoms with van der Waals surface area (Å²) in [5, 5.41) is 3.17. The van der Waals surface area contributed by atoms with Crippen molar-refractivity contribution in [2.45, 2.75) is 26.7 Å². The number of nitrogen functional groups attached to an aromatic ring is 1. The van der Waals surface area contributed by atoms with Crippen molar-refractivity contribution < 1.29 is 4.74 Å². The van der Waals surface area contributed by atoms with E-state index in [0.717, 1.165) is 18.5 Å². The summed E-state index contributed by atoms with van der Waals surface area (Å²) in [6.07, 6.45) is 2.06. The molecular formula is C14H19N5O. The summed E-state index contributed by atoms with van der Waals surface area (Å²) < 4.78 is 5.26. The van der Waals surface area contributed by atoms with Gasteiger partial charge in [-0.2, -0.15) is 15.0 Å². The first-order valence-electron chi connectivity index (χ1n) is 6.72. The summed E-state index contributed by atoms with van der Waals surface area (Å²) in [4.78, 5) is 12.2. The van der Waals surface area contributed by atoms with Crippen molar-refractivity contribution in [3.05, 3.63) is 29.8 Å². The summed E-state index contributed by atoms with van der Waals surface area (Å²) >= 11 is 0. The molecular weight excluding hydrogens is 254 g/mol. The molecule has 106 valence electrons. The molecule has 20 heavy (non-hydrogen) atoms. The molecule has 1 aromatic carbocycles. The van der Waals surface area contributed by atoms with Gasteiger partial charge < -0.3 is 15.8 Å². The Morgan fingerprint density at radius 3 is 2.70 bits per heavy atom. The van der Waals surface area contributed by atoms with Crippen LogP contribution < -0.4 is 15.8 Å². The third kappa shape index (κ3) is 3.57. The Labute approximate surface area is 118 Å². The number of rotatable bonds is 6. The van der Waals surface area contributed by atoms with Crippen molar-refractivity contribution in [1.82, 2.24) is 15.0 Å². The number of nitrogens with zero attached hydrogens (tertiary/aromatic N) is 3. The molecule has 6 heteroatoms. The van der Waals surface area contributed by atoms with E-state index in [9.17, 15) is 0 Å². The smallest absolute Gasteiger partial charge is 0.323 e. The van der Waals surface area contributed by atoms with Crippen LogP contribution in [0, 0.1) is 0 Å². The van der Waals surface area contributed by atoms with E-state index in [1.165, 1.54) is 5.56 Å². The maximum absolute atomic E-state index is 5.66. The van der Waals surface area contributed by atoms with Gasteiger partial charge in [0.1, 0.15) is 0 Å². The number of nitrogens with two attached hydrogens (primary N) is 1. The average Bonchev–Trinajstić information content (AvgIpc) is 2.41. The lowest BCUT2D eigenvalue weighted by atomic mass is 10.1. The van der Waals surface area contributed by atoms with Crippen molar-refractivity contribution in [2.75, 3.05) is 17.7 Å². The Morgan fingerprint density at radius 2 is 1.95 bits per heavy atom. The zero-order chi connectivity index (χ0) is 14.4. The maximum Gasteiger partial charge on any atom is 0.323 e. The molecule has 0 radical (unpaired) electrons. The zero-order valence-corrected chi connectivity index (χ0v) is 11.8. The van der Waals surface area contributed by atoms with Gasteiger partial charge in [0.05, 0.1) is 6.61 Å². The molecule has 0 aliphatic carbocycles. The molecule has 2 aromatic rings. The molecule has 0 unspecified atom stereocenters. The van der Waals surface area contributed by atoms with Crippen LogP contribution in [0.15, 0.2) is 24.3 Å². The third-order valence-corrected chi connectivity index (χ3v) is 2.69. The van der Waals surface area contributed by atoms with E-state index in [1.54, 1.807) is 0 Å². The molecule has 6 nitrogen and oxygen atoms in total. The quantitative estimate of drug-likeness (QED) is 0.841. The average molecular weight is 273 g/mol. The van der Waals surface area contributed by atoms with Crippen LogP contribution in [0.4, 0.5) is 17.6 Å². The van der Waals surface area contributed by atoms with E-state index >= 15 is 0 Å². The van der Waals surface area contributed by atoms with Gasteiger partial charge in [-0.15, -0.1) is 0 Å². The molecule has 0 spiro atoms. The van der Waals surface area contributed by atoms with Crippen molar-refractivity contribution in [2.24, 2.45) is 0 Å². The van der Waals surface area contributed by atoms with E-state index in [1.807, 2.05) is 25.1 Å². The van der Waals surface area contributed by atoms with Crippen molar-refractivity contribution in [1.29, 1.82) is 0 Å². The highest BCUT2D eigenvalue weighted by atomic mass is 16.5. The topological polar surface area (TPSA) is 86.0 Å². The number of nitrogens with one attached hydrogen (secondary N) is 1. The van der Waals surface area contributed by atoms with Gasteiger partial charge in [-0.05, 0) is 25.0 Å². The van der Waals surface area contributed by atoms with Crippen LogP contribution in [-0.4, -0.2) is 21.6 Å². The number of benzene rings is 1. The fourth-order valence-corrected chi connectivity index (χ4v) is 1.87. The normalized spacial score (nSPS) is 10.3. The van der Waals surface area contributed by atoms with Crippen LogP contribution in [0.2, 0.25) is 0 Å². The van der Waals surface area contributed by atoms with Gasteiger partial charge in [-0.25, -0.2) is 0 Å². The fraction of sp³-hybridized carbons (Fsp3) is 0.357. The molecule has 0 saturated heterocycles. The van der Waals surface area contributed by atoms with E-state index in [2.05, 4.69) is 33.3 Å². The van der Waals surface area contributed by atoms with Gasteiger partial charge in [-0.3, -0.25) is 0 Å². The van der Waals surface area contributed by atoms with Gasteiger partial charge in [-0.1, -0.05) is 31.5 Å². The van der Waals surface area contributed by atoms with Gasteiger partial charge >= 0.3 is 6.01 Å². The second kappa shape index (κ2) is 6.70.